The summed E-state index contributed by atoms with van der Waals surface area (Å²) in [5.41, 5.74) is 0. The van der Waals surface area contributed by atoms with Crippen LogP contribution in [-0.2, 0) is 0 Å². The van der Waals surface area contributed by atoms with E-state index in [1.165, 1.54) is 12.8 Å². The number of hydrogen-bond acceptors (Lipinski definition) is 1. The van der Waals surface area contributed by atoms with Crippen molar-refractivity contribution in [2.75, 3.05) is 6.54 Å². The second-order valence-electron chi connectivity index (χ2n) is 1.66. The fourth-order valence-electron chi connectivity index (χ4n) is 0.416. The summed E-state index contributed by atoms with van der Waals surface area (Å²) in [6, 6.07) is 2.78. The molecule has 0 unspecified atom stereocenters. The molecule has 0 aromatic heterocycles. The molecule has 0 aromatic rings. The van der Waals surface area contributed by atoms with Crippen LogP contribution >= 0.6 is 0 Å². The summed E-state index contributed by atoms with van der Waals surface area (Å²) >= 11 is 0. The van der Waals surface area contributed by atoms with E-state index in [0.29, 0.717) is 0 Å². The predicted molar refractivity (Wildman–Crippen MR) is 36.4 cm³/mol. The number of rotatable bonds is 3. The van der Waals surface area contributed by atoms with E-state index >= 15 is 0 Å². The molecule has 46 valence electrons. The van der Waals surface area contributed by atoms with Crippen LogP contribution in [0, 0.1) is 12.0 Å². The molecule has 0 spiro atoms. The van der Waals surface area contributed by atoms with Crippen molar-refractivity contribution in [3.8, 4) is 12.0 Å². The predicted octanol–water partition coefficient (Wildman–Crippen LogP) is 1.36. The van der Waals surface area contributed by atoms with E-state index in [0.717, 1.165) is 6.54 Å². The van der Waals surface area contributed by atoms with Gasteiger partial charge in [-0.05, 0) is 13.3 Å². The molecule has 0 bridgehead atoms. The lowest BCUT2D eigenvalue weighted by molar-refractivity contribution is 0.747. The van der Waals surface area contributed by atoms with Crippen LogP contribution in [-0.4, -0.2) is 6.54 Å². The minimum Gasteiger partial charge on any atom is -0.346 e. The first-order valence-electron chi connectivity index (χ1n) is 3.06. The van der Waals surface area contributed by atoms with Gasteiger partial charge in [0, 0.05) is 12.6 Å². The molecule has 0 saturated heterocycles. The third kappa shape index (κ3) is 5.36. The van der Waals surface area contributed by atoms with Crippen LogP contribution in [0.4, 0.5) is 0 Å². The molecule has 0 radical (unpaired) electrons. The minimum atomic E-state index is 1.03. The Morgan fingerprint density at radius 1 is 1.50 bits per heavy atom. The van der Waals surface area contributed by atoms with Gasteiger partial charge in [0.2, 0.25) is 0 Å². The SMILES string of the molecule is CC#CNCCCC. The van der Waals surface area contributed by atoms with Gasteiger partial charge in [0.15, 0.2) is 0 Å². The van der Waals surface area contributed by atoms with E-state index < -0.39 is 0 Å². The van der Waals surface area contributed by atoms with Gasteiger partial charge in [-0.3, -0.25) is 0 Å². The maximum absolute atomic E-state index is 2.97. The third-order valence-corrected chi connectivity index (χ3v) is 0.869. The smallest absolute Gasteiger partial charge is 0.0229 e. The highest BCUT2D eigenvalue weighted by atomic mass is 14.8. The van der Waals surface area contributed by atoms with E-state index in [1.54, 1.807) is 0 Å². The van der Waals surface area contributed by atoms with Crippen LogP contribution in [0.2, 0.25) is 0 Å². The van der Waals surface area contributed by atoms with Crippen LogP contribution in [0.5, 0.6) is 0 Å². The Bertz CT molecular complexity index is 86.3. The van der Waals surface area contributed by atoms with Crippen molar-refractivity contribution in [1.29, 1.82) is 0 Å². The molecular formula is C7H13N. The molecule has 0 atom stereocenters. The highest BCUT2D eigenvalue weighted by Gasteiger charge is 1.75. The van der Waals surface area contributed by atoms with E-state index in [-0.39, 0.29) is 0 Å². The summed E-state index contributed by atoms with van der Waals surface area (Å²) in [5.74, 6) is 2.77. The zero-order valence-electron chi connectivity index (χ0n) is 5.62. The largest absolute Gasteiger partial charge is 0.346 e. The van der Waals surface area contributed by atoms with Crippen molar-refractivity contribution in [1.82, 2.24) is 5.32 Å². The van der Waals surface area contributed by atoms with Gasteiger partial charge in [0.05, 0.1) is 0 Å². The monoisotopic (exact) mass is 111 g/mol. The molecular weight excluding hydrogens is 98.1 g/mol. The fourth-order valence-corrected chi connectivity index (χ4v) is 0.416. The minimum absolute atomic E-state index is 1.03. The Morgan fingerprint density at radius 2 is 2.25 bits per heavy atom. The molecule has 0 aromatic carbocycles. The molecule has 0 aliphatic heterocycles. The van der Waals surface area contributed by atoms with Gasteiger partial charge in [-0.15, -0.1) is 0 Å². The number of hydrogen-bond donors (Lipinski definition) is 1. The molecule has 0 fully saturated rings. The summed E-state index contributed by atoms with van der Waals surface area (Å²) in [6.45, 7) is 5.03. The van der Waals surface area contributed by atoms with Crippen molar-refractivity contribution in [2.24, 2.45) is 0 Å². The van der Waals surface area contributed by atoms with Crippen LogP contribution in [0.25, 0.3) is 0 Å². The Labute approximate surface area is 51.5 Å². The van der Waals surface area contributed by atoms with Crippen molar-refractivity contribution in [3.63, 3.8) is 0 Å². The quantitative estimate of drug-likeness (QED) is 0.329. The molecule has 0 aliphatic carbocycles. The van der Waals surface area contributed by atoms with E-state index in [2.05, 4.69) is 24.2 Å². The zero-order chi connectivity index (χ0) is 6.24. The Balaban J connectivity index is 2.79. The van der Waals surface area contributed by atoms with E-state index in [1.807, 2.05) is 6.92 Å². The molecule has 1 N–H and O–H groups in total. The lowest BCUT2D eigenvalue weighted by Crippen LogP contribution is -2.06. The van der Waals surface area contributed by atoms with Crippen LogP contribution in [0.3, 0.4) is 0 Å². The molecule has 0 saturated carbocycles. The topological polar surface area (TPSA) is 12.0 Å². The Hall–Kier alpha value is -0.640. The van der Waals surface area contributed by atoms with Gasteiger partial charge in [0.25, 0.3) is 0 Å². The van der Waals surface area contributed by atoms with Gasteiger partial charge in [-0.1, -0.05) is 19.3 Å². The van der Waals surface area contributed by atoms with Gasteiger partial charge in [-0.2, -0.15) is 0 Å². The molecule has 1 heteroatoms. The molecule has 0 amide bonds. The van der Waals surface area contributed by atoms with E-state index in [4.69, 9.17) is 0 Å². The van der Waals surface area contributed by atoms with Crippen molar-refractivity contribution in [3.05, 3.63) is 0 Å². The maximum Gasteiger partial charge on any atom is 0.0229 e. The van der Waals surface area contributed by atoms with Crippen molar-refractivity contribution in [2.45, 2.75) is 26.7 Å². The van der Waals surface area contributed by atoms with Crippen molar-refractivity contribution < 1.29 is 0 Å². The first-order valence-corrected chi connectivity index (χ1v) is 3.06. The highest BCUT2D eigenvalue weighted by molar-refractivity contribution is 4.91. The lowest BCUT2D eigenvalue weighted by atomic mass is 10.3. The average molecular weight is 111 g/mol. The molecule has 0 aliphatic rings. The molecule has 8 heavy (non-hydrogen) atoms. The third-order valence-electron chi connectivity index (χ3n) is 0.869. The van der Waals surface area contributed by atoms with Gasteiger partial charge in [0.1, 0.15) is 0 Å². The molecule has 1 nitrogen and oxygen atoms in total. The first kappa shape index (κ1) is 7.36. The van der Waals surface area contributed by atoms with Crippen LogP contribution in [0.1, 0.15) is 26.7 Å². The first-order chi connectivity index (χ1) is 3.91. The van der Waals surface area contributed by atoms with Crippen LogP contribution in [0.15, 0.2) is 0 Å². The molecule has 0 rings (SSSR count). The standard InChI is InChI=1S/C7H13N/c1-3-5-7-8-6-4-2/h8H,3,5,7H2,1-2H3. The summed E-state index contributed by atoms with van der Waals surface area (Å²) in [4.78, 5) is 0. The van der Waals surface area contributed by atoms with Crippen LogP contribution < -0.4 is 5.32 Å². The zero-order valence-corrected chi connectivity index (χ0v) is 5.62. The highest BCUT2D eigenvalue weighted by Crippen LogP contribution is 1.80. The Morgan fingerprint density at radius 3 is 2.75 bits per heavy atom. The summed E-state index contributed by atoms with van der Waals surface area (Å²) in [6.07, 6.45) is 2.45. The van der Waals surface area contributed by atoms with Gasteiger partial charge in [-0.25, -0.2) is 0 Å². The Kier molecular flexibility index (Phi) is 5.85. The van der Waals surface area contributed by atoms with Gasteiger partial charge < -0.3 is 5.32 Å². The summed E-state index contributed by atoms with van der Waals surface area (Å²) < 4.78 is 0. The summed E-state index contributed by atoms with van der Waals surface area (Å²) in [7, 11) is 0. The second kappa shape index (κ2) is 6.36. The maximum atomic E-state index is 2.97. The normalized spacial score (nSPS) is 7.25. The summed E-state index contributed by atoms with van der Waals surface area (Å²) in [5, 5.41) is 2.97. The van der Waals surface area contributed by atoms with Crippen molar-refractivity contribution >= 4 is 0 Å². The van der Waals surface area contributed by atoms with Gasteiger partial charge >= 0.3 is 0 Å². The number of unbranched alkanes of at least 4 members (excludes halogenated alkanes) is 1. The molecule has 0 heterocycles. The lowest BCUT2D eigenvalue weighted by Gasteiger charge is -1.91. The van der Waals surface area contributed by atoms with E-state index in [9.17, 15) is 0 Å². The fraction of sp³-hybridized carbons (Fsp3) is 0.714. The average Bonchev–Trinajstić information content (AvgIpc) is 1.81. The number of nitrogens with one attached hydrogen (secondary N) is 1. The second-order valence-corrected chi connectivity index (χ2v) is 1.66.